The largest absolute Gasteiger partial charge is 0.342 e. The number of nitrogens with zero attached hydrogens (tertiary/aromatic N) is 3. The summed E-state index contributed by atoms with van der Waals surface area (Å²) in [4.78, 5) is 34.7. The summed E-state index contributed by atoms with van der Waals surface area (Å²) in [6, 6.07) is 0. The fraction of sp³-hybridized carbons (Fsp3) is 0.750. The van der Waals surface area contributed by atoms with Gasteiger partial charge in [-0.2, -0.15) is 4.31 Å². The number of nitrogens with one attached hydrogen (secondary N) is 1. The SMILES string of the molecule is CS(=O)(=O)N1CCc2nc(C3CCN(C(=O)CC4CCCCC4)C3)[nH]c(=O)c2C1. The van der Waals surface area contributed by atoms with Crippen LogP contribution in [-0.4, -0.2) is 59.4 Å². The molecule has 1 unspecified atom stereocenters. The van der Waals surface area contributed by atoms with E-state index in [1.165, 1.54) is 23.6 Å². The van der Waals surface area contributed by atoms with Crippen LogP contribution in [0.4, 0.5) is 0 Å². The fourth-order valence-corrected chi connectivity index (χ4v) is 5.66. The van der Waals surface area contributed by atoms with E-state index in [1.807, 2.05) is 4.90 Å². The number of carbonyl (C=O) groups is 1. The predicted molar refractivity (Wildman–Crippen MR) is 109 cm³/mol. The first-order valence-corrected chi connectivity index (χ1v) is 12.5. The third-order valence-electron chi connectivity index (χ3n) is 6.64. The Labute approximate surface area is 171 Å². The number of hydrogen-bond acceptors (Lipinski definition) is 5. The fourth-order valence-electron chi connectivity index (χ4n) is 4.87. The summed E-state index contributed by atoms with van der Waals surface area (Å²) in [5.74, 6) is 1.42. The van der Waals surface area contributed by atoms with Crippen LogP contribution in [-0.2, 0) is 27.8 Å². The lowest BCUT2D eigenvalue weighted by molar-refractivity contribution is -0.131. The molecule has 1 amide bonds. The first-order valence-electron chi connectivity index (χ1n) is 10.7. The molecule has 8 nitrogen and oxygen atoms in total. The lowest BCUT2D eigenvalue weighted by Gasteiger charge is -2.26. The molecule has 0 aromatic carbocycles. The molecule has 2 fully saturated rings. The summed E-state index contributed by atoms with van der Waals surface area (Å²) < 4.78 is 24.9. The number of aromatic nitrogens is 2. The van der Waals surface area contributed by atoms with E-state index >= 15 is 0 Å². The molecule has 1 aromatic rings. The zero-order valence-electron chi connectivity index (χ0n) is 17.0. The van der Waals surface area contributed by atoms with Crippen LogP contribution in [0.5, 0.6) is 0 Å². The maximum atomic E-state index is 12.7. The predicted octanol–water partition coefficient (Wildman–Crippen LogP) is 1.37. The van der Waals surface area contributed by atoms with Gasteiger partial charge in [-0.25, -0.2) is 13.4 Å². The number of hydrogen-bond donors (Lipinski definition) is 1. The van der Waals surface area contributed by atoms with Crippen molar-refractivity contribution in [2.75, 3.05) is 25.9 Å². The van der Waals surface area contributed by atoms with Crippen LogP contribution in [0, 0.1) is 5.92 Å². The summed E-state index contributed by atoms with van der Waals surface area (Å²) in [7, 11) is -3.33. The van der Waals surface area contributed by atoms with Crippen molar-refractivity contribution in [2.45, 2.75) is 63.8 Å². The van der Waals surface area contributed by atoms with Crippen LogP contribution < -0.4 is 5.56 Å². The van der Waals surface area contributed by atoms with Gasteiger partial charge >= 0.3 is 0 Å². The minimum Gasteiger partial charge on any atom is -0.342 e. The van der Waals surface area contributed by atoms with Gasteiger partial charge in [0.1, 0.15) is 5.82 Å². The van der Waals surface area contributed by atoms with E-state index < -0.39 is 10.0 Å². The average Bonchev–Trinajstić information content (AvgIpc) is 3.18. The van der Waals surface area contributed by atoms with Crippen LogP contribution in [0.25, 0.3) is 0 Å². The number of aromatic amines is 1. The zero-order valence-corrected chi connectivity index (χ0v) is 17.8. The number of carbonyl (C=O) groups excluding carboxylic acids is 1. The topological polar surface area (TPSA) is 103 Å². The van der Waals surface area contributed by atoms with Gasteiger partial charge in [0, 0.05) is 44.9 Å². The Balaban J connectivity index is 1.43. The molecule has 160 valence electrons. The van der Waals surface area contributed by atoms with Crippen molar-refractivity contribution in [1.82, 2.24) is 19.2 Å². The molecule has 29 heavy (non-hydrogen) atoms. The van der Waals surface area contributed by atoms with Crippen molar-refractivity contribution in [2.24, 2.45) is 5.92 Å². The molecule has 3 aliphatic rings. The van der Waals surface area contributed by atoms with Crippen molar-refractivity contribution in [3.05, 3.63) is 27.4 Å². The quantitative estimate of drug-likeness (QED) is 0.789. The molecule has 2 aliphatic heterocycles. The van der Waals surface area contributed by atoms with Gasteiger partial charge in [-0.1, -0.05) is 19.3 Å². The molecule has 0 bridgehead atoms. The van der Waals surface area contributed by atoms with Gasteiger partial charge in [-0.05, 0) is 25.2 Å². The summed E-state index contributed by atoms with van der Waals surface area (Å²) in [5, 5.41) is 0. The summed E-state index contributed by atoms with van der Waals surface area (Å²) in [5.41, 5.74) is 0.870. The molecule has 9 heteroatoms. The van der Waals surface area contributed by atoms with E-state index in [2.05, 4.69) is 9.97 Å². The highest BCUT2D eigenvalue weighted by molar-refractivity contribution is 7.88. The van der Waals surface area contributed by atoms with Crippen LogP contribution in [0.3, 0.4) is 0 Å². The number of rotatable bonds is 4. The third-order valence-corrected chi connectivity index (χ3v) is 7.89. The van der Waals surface area contributed by atoms with Crippen molar-refractivity contribution in [3.8, 4) is 0 Å². The standard InChI is InChI=1S/C20H30N4O4S/c1-29(27,28)24-10-8-17-16(13-24)20(26)22-19(21-17)15-7-9-23(12-15)18(25)11-14-5-3-2-4-6-14/h14-15H,2-13H2,1H3,(H,21,22,26). The van der Waals surface area contributed by atoms with Gasteiger partial charge in [0.15, 0.2) is 0 Å². The number of fused-ring (bicyclic) bond motifs is 1. The lowest BCUT2D eigenvalue weighted by atomic mass is 9.87. The van der Waals surface area contributed by atoms with Gasteiger partial charge in [0.2, 0.25) is 15.9 Å². The molecular weight excluding hydrogens is 392 g/mol. The minimum absolute atomic E-state index is 0.0382. The first kappa shape index (κ1) is 20.5. The van der Waals surface area contributed by atoms with E-state index in [0.29, 0.717) is 55.5 Å². The maximum Gasteiger partial charge on any atom is 0.255 e. The molecule has 0 radical (unpaired) electrons. The number of H-pyrrole nitrogens is 1. The zero-order chi connectivity index (χ0) is 20.6. The molecule has 1 saturated heterocycles. The van der Waals surface area contributed by atoms with E-state index in [1.54, 1.807) is 0 Å². The van der Waals surface area contributed by atoms with Crippen molar-refractivity contribution >= 4 is 15.9 Å². The first-order chi connectivity index (χ1) is 13.8. The highest BCUT2D eigenvalue weighted by atomic mass is 32.2. The lowest BCUT2D eigenvalue weighted by Crippen LogP contribution is -2.39. The second-order valence-electron chi connectivity index (χ2n) is 8.76. The van der Waals surface area contributed by atoms with E-state index in [4.69, 9.17) is 0 Å². The molecule has 1 aromatic heterocycles. The molecular formula is C20H30N4O4S. The van der Waals surface area contributed by atoms with Crippen LogP contribution in [0.15, 0.2) is 4.79 Å². The molecule has 3 heterocycles. The Morgan fingerprint density at radius 1 is 1.17 bits per heavy atom. The van der Waals surface area contributed by atoms with Gasteiger partial charge in [0.05, 0.1) is 17.5 Å². The Morgan fingerprint density at radius 2 is 1.93 bits per heavy atom. The Hall–Kier alpha value is -1.74. The molecule has 0 spiro atoms. The second kappa shape index (κ2) is 8.18. The average molecular weight is 423 g/mol. The van der Waals surface area contributed by atoms with E-state index in [9.17, 15) is 18.0 Å². The molecule has 1 saturated carbocycles. The highest BCUT2D eigenvalue weighted by Gasteiger charge is 2.32. The summed E-state index contributed by atoms with van der Waals surface area (Å²) in [6.45, 7) is 1.73. The van der Waals surface area contributed by atoms with Crippen molar-refractivity contribution in [3.63, 3.8) is 0 Å². The molecule has 1 aliphatic carbocycles. The smallest absolute Gasteiger partial charge is 0.255 e. The Morgan fingerprint density at radius 3 is 2.66 bits per heavy atom. The van der Waals surface area contributed by atoms with Gasteiger partial charge in [-0.15, -0.1) is 0 Å². The second-order valence-corrected chi connectivity index (χ2v) is 10.7. The van der Waals surface area contributed by atoms with Crippen LogP contribution in [0.2, 0.25) is 0 Å². The monoisotopic (exact) mass is 422 g/mol. The highest BCUT2D eigenvalue weighted by Crippen LogP contribution is 2.30. The Bertz CT molecular complexity index is 936. The number of sulfonamides is 1. The summed E-state index contributed by atoms with van der Waals surface area (Å²) >= 11 is 0. The Kier molecular flexibility index (Phi) is 5.79. The molecule has 1 atom stereocenters. The van der Waals surface area contributed by atoms with E-state index in [-0.39, 0.29) is 23.9 Å². The maximum absolute atomic E-state index is 12.7. The minimum atomic E-state index is -3.33. The van der Waals surface area contributed by atoms with Gasteiger partial charge < -0.3 is 9.88 Å². The van der Waals surface area contributed by atoms with Crippen LogP contribution >= 0.6 is 0 Å². The molecule has 4 rings (SSSR count). The van der Waals surface area contributed by atoms with Crippen molar-refractivity contribution < 1.29 is 13.2 Å². The van der Waals surface area contributed by atoms with Crippen LogP contribution in [0.1, 0.15) is 67.9 Å². The number of likely N-dealkylation sites (tertiary alicyclic amines) is 1. The normalized spacial score (nSPS) is 23.9. The van der Waals surface area contributed by atoms with Gasteiger partial charge in [0.25, 0.3) is 5.56 Å². The molecule has 1 N–H and O–H groups in total. The van der Waals surface area contributed by atoms with Gasteiger partial charge in [-0.3, -0.25) is 9.59 Å². The van der Waals surface area contributed by atoms with E-state index in [0.717, 1.165) is 25.5 Å². The third kappa shape index (κ3) is 4.55. The summed E-state index contributed by atoms with van der Waals surface area (Å²) in [6.07, 6.45) is 9.11. The number of amides is 1. The van der Waals surface area contributed by atoms with Crippen molar-refractivity contribution in [1.29, 1.82) is 0 Å².